The maximum absolute atomic E-state index is 5.79. The Labute approximate surface area is 158 Å². The number of pyridine rings is 1. The second-order valence-electron chi connectivity index (χ2n) is 6.63. The average Bonchev–Trinajstić information content (AvgIpc) is 3.12. The van der Waals surface area contributed by atoms with Gasteiger partial charge < -0.3 is 9.15 Å². The molecule has 1 atom stereocenters. The third-order valence-electron chi connectivity index (χ3n) is 4.71. The van der Waals surface area contributed by atoms with E-state index < -0.39 is 0 Å². The van der Waals surface area contributed by atoms with Crippen LogP contribution in [-0.4, -0.2) is 28.8 Å². The largest absolute Gasteiger partial charge is 0.497 e. The van der Waals surface area contributed by atoms with E-state index in [1.54, 1.807) is 7.11 Å². The molecular weight excluding hydrogens is 338 g/mol. The van der Waals surface area contributed by atoms with Crippen molar-refractivity contribution < 1.29 is 9.15 Å². The summed E-state index contributed by atoms with van der Waals surface area (Å²) in [6.45, 7) is 5.97. The van der Waals surface area contributed by atoms with Crippen LogP contribution < -0.4 is 4.74 Å². The Balaban J connectivity index is 1.51. The van der Waals surface area contributed by atoms with E-state index in [0.29, 0.717) is 11.6 Å². The van der Waals surface area contributed by atoms with Gasteiger partial charge in [0.2, 0.25) is 11.6 Å². The number of dihydropyridines is 1. The molecule has 136 valence electrons. The molecule has 1 unspecified atom stereocenters. The summed E-state index contributed by atoms with van der Waals surface area (Å²) >= 11 is 0. The highest BCUT2D eigenvalue weighted by molar-refractivity contribution is 6.07. The minimum Gasteiger partial charge on any atom is -0.497 e. The Morgan fingerprint density at radius 3 is 2.63 bits per heavy atom. The number of aromatic nitrogens is 2. The van der Waals surface area contributed by atoms with Crippen LogP contribution >= 0.6 is 0 Å². The monoisotopic (exact) mass is 359 g/mol. The lowest BCUT2D eigenvalue weighted by Gasteiger charge is -2.11. The molecule has 0 radical (unpaired) electrons. The fourth-order valence-corrected chi connectivity index (χ4v) is 2.98. The van der Waals surface area contributed by atoms with Gasteiger partial charge in [-0.2, -0.15) is 0 Å². The fraction of sp³-hybridized carbons (Fsp3) is 0.227. The number of benzene rings is 1. The van der Waals surface area contributed by atoms with Gasteiger partial charge in [-0.3, -0.25) is 4.99 Å². The number of aryl methyl sites for hydroxylation is 2. The molecule has 0 fully saturated rings. The van der Waals surface area contributed by atoms with E-state index in [-0.39, 0.29) is 6.04 Å². The molecule has 1 aromatic carbocycles. The summed E-state index contributed by atoms with van der Waals surface area (Å²) < 4.78 is 11.0. The van der Waals surface area contributed by atoms with E-state index in [9.17, 15) is 0 Å². The van der Waals surface area contributed by atoms with Crippen LogP contribution in [-0.2, 0) is 12.8 Å². The topological polar surface area (TPSA) is 60.5 Å². The Morgan fingerprint density at radius 2 is 1.89 bits per heavy atom. The highest BCUT2D eigenvalue weighted by Gasteiger charge is 2.16. The van der Waals surface area contributed by atoms with Crippen molar-refractivity contribution in [2.24, 2.45) is 4.99 Å². The van der Waals surface area contributed by atoms with Gasteiger partial charge in [0.15, 0.2) is 0 Å². The number of fused-ring (bicyclic) bond motifs is 1. The zero-order valence-electron chi connectivity index (χ0n) is 15.5. The van der Waals surface area contributed by atoms with E-state index in [2.05, 4.69) is 33.7 Å². The van der Waals surface area contributed by atoms with E-state index in [1.165, 1.54) is 5.56 Å². The number of methoxy groups -OCH3 is 1. The van der Waals surface area contributed by atoms with Crippen molar-refractivity contribution in [3.8, 4) is 5.75 Å². The first-order valence-corrected chi connectivity index (χ1v) is 8.96. The van der Waals surface area contributed by atoms with Gasteiger partial charge in [-0.15, -0.1) is 0 Å². The Morgan fingerprint density at radius 1 is 1.11 bits per heavy atom. The molecule has 0 aliphatic carbocycles. The molecule has 5 heteroatoms. The number of oxazole rings is 1. The lowest BCUT2D eigenvalue weighted by atomic mass is 10.1. The molecule has 0 spiro atoms. The van der Waals surface area contributed by atoms with Gasteiger partial charge in [-0.05, 0) is 60.7 Å². The predicted octanol–water partition coefficient (Wildman–Crippen LogP) is 4.32. The van der Waals surface area contributed by atoms with E-state index in [1.807, 2.05) is 43.5 Å². The van der Waals surface area contributed by atoms with Crippen LogP contribution in [0.3, 0.4) is 0 Å². The summed E-state index contributed by atoms with van der Waals surface area (Å²) in [5, 5.41) is 0. The van der Waals surface area contributed by atoms with Gasteiger partial charge >= 0.3 is 0 Å². The number of hydrogen-bond acceptors (Lipinski definition) is 5. The normalized spacial score (nSPS) is 16.6. The molecule has 3 aromatic rings. The van der Waals surface area contributed by atoms with Crippen molar-refractivity contribution in [2.45, 2.75) is 25.8 Å². The van der Waals surface area contributed by atoms with Gasteiger partial charge in [-0.25, -0.2) is 9.97 Å². The maximum atomic E-state index is 5.79. The van der Waals surface area contributed by atoms with Crippen LogP contribution in [0.25, 0.3) is 11.2 Å². The molecule has 5 nitrogen and oxygen atoms in total. The predicted molar refractivity (Wildman–Crippen MR) is 106 cm³/mol. The summed E-state index contributed by atoms with van der Waals surface area (Å²) in [6, 6.07) is 10.2. The molecule has 0 amide bonds. The SMILES string of the molecule is C=C1C=CC(c2nc3cc(CCc4ccc(OC)cc4)cnc3o2)=NC1C. The van der Waals surface area contributed by atoms with Gasteiger partial charge in [-0.1, -0.05) is 24.8 Å². The minimum atomic E-state index is 0.0352. The molecule has 0 saturated heterocycles. The van der Waals surface area contributed by atoms with Crippen LogP contribution in [0.1, 0.15) is 23.9 Å². The van der Waals surface area contributed by atoms with Gasteiger partial charge in [0, 0.05) is 6.20 Å². The standard InChI is InChI=1S/C22H21N3O2/c1-14-4-11-19(24-15(14)2)22-25-20-12-17(13-23-21(20)27-22)6-5-16-7-9-18(26-3)10-8-16/h4,7-13,15H,1,5-6H2,2-3H3. The summed E-state index contributed by atoms with van der Waals surface area (Å²) in [5.41, 5.74) is 5.38. The molecule has 0 N–H and O–H groups in total. The van der Waals surface area contributed by atoms with Crippen LogP contribution in [0, 0.1) is 0 Å². The van der Waals surface area contributed by atoms with Gasteiger partial charge in [0.25, 0.3) is 0 Å². The Hall–Kier alpha value is -3.21. The summed E-state index contributed by atoms with van der Waals surface area (Å²) in [6.07, 6.45) is 7.50. The van der Waals surface area contributed by atoms with Crippen molar-refractivity contribution in [2.75, 3.05) is 7.11 Å². The molecule has 2 aromatic heterocycles. The van der Waals surface area contributed by atoms with Crippen LogP contribution in [0.2, 0.25) is 0 Å². The van der Waals surface area contributed by atoms with Crippen molar-refractivity contribution in [3.63, 3.8) is 0 Å². The van der Waals surface area contributed by atoms with Crippen LogP contribution in [0.5, 0.6) is 5.75 Å². The maximum Gasteiger partial charge on any atom is 0.247 e. The fourth-order valence-electron chi connectivity index (χ4n) is 2.98. The number of ether oxygens (including phenoxy) is 1. The lowest BCUT2D eigenvalue weighted by molar-refractivity contribution is 0.414. The zero-order valence-corrected chi connectivity index (χ0v) is 15.5. The average molecular weight is 359 g/mol. The smallest absolute Gasteiger partial charge is 0.247 e. The van der Waals surface area contributed by atoms with E-state index in [0.717, 1.165) is 41.0 Å². The number of rotatable bonds is 5. The van der Waals surface area contributed by atoms with Gasteiger partial charge in [0.05, 0.1) is 13.2 Å². The number of aliphatic imine (C=N–C) groups is 1. The number of allylic oxidation sites excluding steroid dienone is 1. The number of hydrogen-bond donors (Lipinski definition) is 0. The first kappa shape index (κ1) is 17.2. The molecular formula is C22H21N3O2. The highest BCUT2D eigenvalue weighted by Crippen LogP contribution is 2.20. The third kappa shape index (κ3) is 3.67. The second kappa shape index (κ2) is 7.19. The first-order valence-electron chi connectivity index (χ1n) is 8.96. The van der Waals surface area contributed by atoms with Crippen molar-refractivity contribution >= 4 is 16.9 Å². The lowest BCUT2D eigenvalue weighted by Crippen LogP contribution is -2.11. The summed E-state index contributed by atoms with van der Waals surface area (Å²) in [7, 11) is 1.67. The summed E-state index contributed by atoms with van der Waals surface area (Å²) in [5.74, 6) is 1.37. The highest BCUT2D eigenvalue weighted by atomic mass is 16.5. The minimum absolute atomic E-state index is 0.0352. The molecule has 0 bridgehead atoms. The van der Waals surface area contributed by atoms with Crippen molar-refractivity contribution in [1.82, 2.24) is 9.97 Å². The molecule has 3 heterocycles. The Kier molecular flexibility index (Phi) is 4.59. The first-order chi connectivity index (χ1) is 13.1. The molecule has 27 heavy (non-hydrogen) atoms. The third-order valence-corrected chi connectivity index (χ3v) is 4.71. The molecule has 0 saturated carbocycles. The van der Waals surface area contributed by atoms with E-state index in [4.69, 9.17) is 9.15 Å². The second-order valence-corrected chi connectivity index (χ2v) is 6.63. The van der Waals surface area contributed by atoms with Gasteiger partial charge in [0.1, 0.15) is 17.0 Å². The summed E-state index contributed by atoms with van der Waals surface area (Å²) in [4.78, 5) is 13.6. The van der Waals surface area contributed by atoms with Crippen molar-refractivity contribution in [1.29, 1.82) is 0 Å². The van der Waals surface area contributed by atoms with E-state index >= 15 is 0 Å². The van der Waals surface area contributed by atoms with Crippen LogP contribution in [0.15, 0.2) is 70.2 Å². The number of nitrogens with zero attached hydrogens (tertiary/aromatic N) is 3. The van der Waals surface area contributed by atoms with Crippen molar-refractivity contribution in [3.05, 3.63) is 77.9 Å². The molecule has 1 aliphatic rings. The molecule has 1 aliphatic heterocycles. The zero-order chi connectivity index (χ0) is 18.8. The van der Waals surface area contributed by atoms with Crippen LogP contribution in [0.4, 0.5) is 0 Å². The molecule has 4 rings (SSSR count). The Bertz CT molecular complexity index is 1050. The quantitative estimate of drug-likeness (QED) is 0.681.